The van der Waals surface area contributed by atoms with Crippen molar-refractivity contribution in [2.45, 2.75) is 39.3 Å². The van der Waals surface area contributed by atoms with E-state index < -0.39 is 5.60 Å². The maximum atomic E-state index is 10.2. The molecule has 0 fully saturated rings. The van der Waals surface area contributed by atoms with E-state index in [1.165, 1.54) is 0 Å². The fourth-order valence-electron chi connectivity index (χ4n) is 2.15. The Labute approximate surface area is 131 Å². The van der Waals surface area contributed by atoms with Crippen LogP contribution in [-0.4, -0.2) is 22.4 Å². The third kappa shape index (κ3) is 5.81. The highest BCUT2D eigenvalue weighted by molar-refractivity contribution is 9.11. The van der Waals surface area contributed by atoms with Crippen LogP contribution < -0.4 is 5.32 Å². The Morgan fingerprint density at radius 3 is 2.26 bits per heavy atom. The van der Waals surface area contributed by atoms with Crippen molar-refractivity contribution in [2.75, 3.05) is 6.54 Å². The fourth-order valence-corrected chi connectivity index (χ4v) is 3.43. The lowest BCUT2D eigenvalue weighted by atomic mass is 9.94. The number of rotatable bonds is 6. The average Bonchev–Trinajstić information content (AvgIpc) is 2.23. The molecule has 19 heavy (non-hydrogen) atoms. The van der Waals surface area contributed by atoms with Gasteiger partial charge in [-0.15, -0.1) is 0 Å². The molecule has 1 unspecified atom stereocenters. The molecule has 5 heteroatoms. The maximum absolute atomic E-state index is 10.2. The molecule has 3 nitrogen and oxygen atoms in total. The SMILES string of the molecule is CC(C)CC(C)(O)CNCc1cc(Br)c(O)c(Br)c1. The Bertz CT molecular complexity index is 410. The quantitative estimate of drug-likeness (QED) is 0.687. The van der Waals surface area contributed by atoms with Gasteiger partial charge >= 0.3 is 0 Å². The first-order chi connectivity index (χ1) is 8.71. The lowest BCUT2D eigenvalue weighted by molar-refractivity contribution is 0.0383. The monoisotopic (exact) mass is 393 g/mol. The van der Waals surface area contributed by atoms with Gasteiger partial charge in [-0.05, 0) is 68.8 Å². The number of hydrogen-bond acceptors (Lipinski definition) is 3. The predicted octanol–water partition coefficient (Wildman–Crippen LogP) is 3.80. The molecule has 0 bridgehead atoms. The predicted molar refractivity (Wildman–Crippen MR) is 85.3 cm³/mol. The molecular weight excluding hydrogens is 374 g/mol. The number of nitrogens with one attached hydrogen (secondary N) is 1. The molecule has 1 aromatic rings. The van der Waals surface area contributed by atoms with Crippen LogP contribution in [0.25, 0.3) is 0 Å². The van der Waals surface area contributed by atoms with Crippen molar-refractivity contribution >= 4 is 31.9 Å². The molecule has 0 radical (unpaired) electrons. The Hall–Kier alpha value is -0.100. The maximum Gasteiger partial charge on any atom is 0.143 e. The first-order valence-electron chi connectivity index (χ1n) is 6.31. The van der Waals surface area contributed by atoms with Crippen LogP contribution in [0.4, 0.5) is 0 Å². The Balaban J connectivity index is 2.54. The molecule has 0 aromatic heterocycles. The summed E-state index contributed by atoms with van der Waals surface area (Å²) in [5, 5.41) is 23.1. The zero-order chi connectivity index (χ0) is 14.6. The van der Waals surface area contributed by atoms with Gasteiger partial charge in [0.15, 0.2) is 0 Å². The van der Waals surface area contributed by atoms with Gasteiger partial charge in [-0.2, -0.15) is 0 Å². The minimum Gasteiger partial charge on any atom is -0.506 e. The summed E-state index contributed by atoms with van der Waals surface area (Å²) >= 11 is 6.61. The smallest absolute Gasteiger partial charge is 0.143 e. The number of phenolic OH excluding ortho intramolecular Hbond substituents is 1. The molecule has 0 saturated heterocycles. The van der Waals surface area contributed by atoms with Crippen LogP contribution in [0.2, 0.25) is 0 Å². The normalized spacial score (nSPS) is 14.7. The van der Waals surface area contributed by atoms with Gasteiger partial charge in [0.2, 0.25) is 0 Å². The van der Waals surface area contributed by atoms with Gasteiger partial charge in [-0.1, -0.05) is 13.8 Å². The third-order valence-corrected chi connectivity index (χ3v) is 3.97. The second kappa shape index (κ2) is 7.07. The van der Waals surface area contributed by atoms with E-state index in [2.05, 4.69) is 51.0 Å². The molecular formula is C14H21Br2NO2. The molecule has 0 saturated carbocycles. The van der Waals surface area contributed by atoms with Crippen LogP contribution in [0.3, 0.4) is 0 Å². The highest BCUT2D eigenvalue weighted by atomic mass is 79.9. The van der Waals surface area contributed by atoms with Crippen molar-refractivity contribution in [3.8, 4) is 5.75 Å². The van der Waals surface area contributed by atoms with Crippen LogP contribution in [-0.2, 0) is 6.54 Å². The second-order valence-electron chi connectivity index (χ2n) is 5.61. The van der Waals surface area contributed by atoms with Gasteiger partial charge in [0, 0.05) is 13.1 Å². The molecule has 1 rings (SSSR count). The lowest BCUT2D eigenvalue weighted by Gasteiger charge is -2.25. The van der Waals surface area contributed by atoms with Crippen molar-refractivity contribution < 1.29 is 10.2 Å². The minimum atomic E-state index is -0.695. The summed E-state index contributed by atoms with van der Waals surface area (Å²) < 4.78 is 1.32. The zero-order valence-electron chi connectivity index (χ0n) is 11.5. The molecule has 1 atom stereocenters. The largest absolute Gasteiger partial charge is 0.506 e. The highest BCUT2D eigenvalue weighted by Gasteiger charge is 2.21. The standard InChI is InChI=1S/C14H21Br2NO2/c1-9(2)6-14(3,19)8-17-7-10-4-11(15)13(18)12(16)5-10/h4-5,9,17-19H,6-8H2,1-3H3. The summed E-state index contributed by atoms with van der Waals surface area (Å²) in [6.07, 6.45) is 0.767. The van der Waals surface area contributed by atoms with Crippen LogP contribution in [0, 0.1) is 5.92 Å². The average molecular weight is 395 g/mol. The topological polar surface area (TPSA) is 52.5 Å². The van der Waals surface area contributed by atoms with Crippen LogP contribution in [0.1, 0.15) is 32.8 Å². The summed E-state index contributed by atoms with van der Waals surface area (Å²) in [4.78, 5) is 0. The van der Waals surface area contributed by atoms with E-state index in [9.17, 15) is 10.2 Å². The lowest BCUT2D eigenvalue weighted by Crippen LogP contribution is -2.38. The van der Waals surface area contributed by atoms with Gasteiger partial charge in [-0.25, -0.2) is 0 Å². The van der Waals surface area contributed by atoms with Crippen molar-refractivity contribution in [3.05, 3.63) is 26.6 Å². The summed E-state index contributed by atoms with van der Waals surface area (Å²) in [5.41, 5.74) is 0.344. The van der Waals surface area contributed by atoms with Gasteiger partial charge in [0.05, 0.1) is 14.5 Å². The fraction of sp³-hybridized carbons (Fsp3) is 0.571. The van der Waals surface area contributed by atoms with E-state index in [1.807, 2.05) is 19.1 Å². The van der Waals surface area contributed by atoms with Crippen molar-refractivity contribution in [1.82, 2.24) is 5.32 Å². The summed E-state index contributed by atoms with van der Waals surface area (Å²) in [6.45, 7) is 7.24. The van der Waals surface area contributed by atoms with Gasteiger partial charge in [-0.3, -0.25) is 0 Å². The van der Waals surface area contributed by atoms with E-state index in [1.54, 1.807) is 0 Å². The van der Waals surface area contributed by atoms with Crippen molar-refractivity contribution in [1.29, 1.82) is 0 Å². The van der Waals surface area contributed by atoms with Crippen LogP contribution in [0.15, 0.2) is 21.1 Å². The molecule has 0 amide bonds. The number of aromatic hydroxyl groups is 1. The van der Waals surface area contributed by atoms with Crippen molar-refractivity contribution in [2.24, 2.45) is 5.92 Å². The first-order valence-corrected chi connectivity index (χ1v) is 7.90. The van der Waals surface area contributed by atoms with Gasteiger partial charge < -0.3 is 15.5 Å². The van der Waals surface area contributed by atoms with E-state index in [0.717, 1.165) is 12.0 Å². The van der Waals surface area contributed by atoms with E-state index in [4.69, 9.17) is 0 Å². The Kier molecular flexibility index (Phi) is 6.30. The Morgan fingerprint density at radius 2 is 1.79 bits per heavy atom. The summed E-state index contributed by atoms with van der Waals surface area (Å²) in [5.74, 6) is 0.671. The number of phenols is 1. The first kappa shape index (κ1) is 17.0. The van der Waals surface area contributed by atoms with Gasteiger partial charge in [0.25, 0.3) is 0 Å². The summed E-state index contributed by atoms with van der Waals surface area (Å²) in [6, 6.07) is 3.73. The molecule has 0 aliphatic rings. The van der Waals surface area contributed by atoms with E-state index >= 15 is 0 Å². The molecule has 0 aliphatic carbocycles. The zero-order valence-corrected chi connectivity index (χ0v) is 14.7. The van der Waals surface area contributed by atoms with E-state index in [-0.39, 0.29) is 5.75 Å². The summed E-state index contributed by atoms with van der Waals surface area (Å²) in [7, 11) is 0. The number of benzene rings is 1. The Morgan fingerprint density at radius 1 is 1.26 bits per heavy atom. The van der Waals surface area contributed by atoms with E-state index in [0.29, 0.717) is 28.0 Å². The molecule has 3 N–H and O–H groups in total. The molecule has 0 spiro atoms. The number of aliphatic hydroxyl groups is 1. The molecule has 0 heterocycles. The van der Waals surface area contributed by atoms with Crippen LogP contribution in [0.5, 0.6) is 5.75 Å². The van der Waals surface area contributed by atoms with Crippen molar-refractivity contribution in [3.63, 3.8) is 0 Å². The highest BCUT2D eigenvalue weighted by Crippen LogP contribution is 2.33. The number of halogens is 2. The molecule has 1 aromatic carbocycles. The second-order valence-corrected chi connectivity index (χ2v) is 7.32. The molecule has 0 aliphatic heterocycles. The molecule has 108 valence electrons. The van der Waals surface area contributed by atoms with Gasteiger partial charge in [0.1, 0.15) is 5.75 Å². The minimum absolute atomic E-state index is 0.204. The number of hydrogen-bond donors (Lipinski definition) is 3. The van der Waals surface area contributed by atoms with Crippen LogP contribution >= 0.6 is 31.9 Å². The third-order valence-electron chi connectivity index (χ3n) is 2.76.